The second-order valence-corrected chi connectivity index (χ2v) is 9.03. The number of rotatable bonds is 5. The molecule has 29 heavy (non-hydrogen) atoms. The van der Waals surface area contributed by atoms with Crippen LogP contribution >= 0.6 is 0 Å². The molecule has 9 heteroatoms. The number of nitrogens with zero attached hydrogens (tertiary/aromatic N) is 2. The van der Waals surface area contributed by atoms with E-state index in [9.17, 15) is 22.0 Å². The van der Waals surface area contributed by atoms with E-state index in [1.54, 1.807) is 24.0 Å². The van der Waals surface area contributed by atoms with E-state index >= 15 is 0 Å². The molecule has 0 saturated carbocycles. The summed E-state index contributed by atoms with van der Waals surface area (Å²) in [5, 5.41) is 2.35. The van der Waals surface area contributed by atoms with Crippen LogP contribution in [-0.2, 0) is 14.8 Å². The van der Waals surface area contributed by atoms with E-state index in [0.717, 1.165) is 23.8 Å². The minimum Gasteiger partial charge on any atom is -0.322 e. The third-order valence-electron chi connectivity index (χ3n) is 4.85. The largest absolute Gasteiger partial charge is 0.322 e. The zero-order valence-electron chi connectivity index (χ0n) is 16.3. The van der Waals surface area contributed by atoms with E-state index < -0.39 is 27.6 Å². The number of anilines is 1. The third-order valence-corrected chi connectivity index (χ3v) is 6.91. The highest BCUT2D eigenvalue weighted by Crippen LogP contribution is 2.22. The maximum atomic E-state index is 13.6. The van der Waals surface area contributed by atoms with Crippen molar-refractivity contribution in [3.8, 4) is 0 Å². The van der Waals surface area contributed by atoms with Crippen molar-refractivity contribution in [3.63, 3.8) is 0 Å². The molecule has 2 aromatic carbocycles. The minimum atomic E-state index is -3.61. The monoisotopic (exact) mass is 423 g/mol. The summed E-state index contributed by atoms with van der Waals surface area (Å²) in [5.41, 5.74) is 1.47. The molecule has 6 nitrogen and oxygen atoms in total. The van der Waals surface area contributed by atoms with E-state index in [1.807, 2.05) is 13.0 Å². The van der Waals surface area contributed by atoms with Gasteiger partial charge in [-0.1, -0.05) is 17.7 Å². The van der Waals surface area contributed by atoms with E-state index in [0.29, 0.717) is 18.7 Å². The Balaban J connectivity index is 1.58. The molecule has 1 heterocycles. The van der Waals surface area contributed by atoms with Gasteiger partial charge in [-0.2, -0.15) is 4.31 Å². The first-order valence-corrected chi connectivity index (χ1v) is 10.7. The lowest BCUT2D eigenvalue weighted by molar-refractivity contribution is -0.117. The van der Waals surface area contributed by atoms with E-state index in [-0.39, 0.29) is 30.2 Å². The molecule has 0 unspecified atom stereocenters. The van der Waals surface area contributed by atoms with E-state index in [1.165, 1.54) is 4.31 Å². The first-order valence-electron chi connectivity index (χ1n) is 9.21. The number of benzene rings is 2. The number of sulfonamides is 1. The average molecular weight is 423 g/mol. The summed E-state index contributed by atoms with van der Waals surface area (Å²) in [5.74, 6) is -1.85. The summed E-state index contributed by atoms with van der Waals surface area (Å²) in [6.07, 6.45) is 0. The topological polar surface area (TPSA) is 69.7 Å². The van der Waals surface area contributed by atoms with Crippen molar-refractivity contribution >= 4 is 21.6 Å². The highest BCUT2D eigenvalue weighted by Gasteiger charge is 2.30. The number of piperazine rings is 1. The first kappa shape index (κ1) is 21.4. The van der Waals surface area contributed by atoms with Gasteiger partial charge in [-0.05, 0) is 37.6 Å². The molecule has 0 spiro atoms. The Morgan fingerprint density at radius 1 is 1.03 bits per heavy atom. The van der Waals surface area contributed by atoms with Gasteiger partial charge < -0.3 is 5.32 Å². The fourth-order valence-corrected chi connectivity index (χ4v) is 4.97. The van der Waals surface area contributed by atoms with Gasteiger partial charge in [-0.15, -0.1) is 0 Å². The van der Waals surface area contributed by atoms with Crippen LogP contribution in [0.4, 0.5) is 14.5 Å². The summed E-state index contributed by atoms with van der Waals surface area (Å²) >= 11 is 0. The van der Waals surface area contributed by atoms with E-state index in [4.69, 9.17) is 0 Å². The fourth-order valence-electron chi connectivity index (χ4n) is 3.34. The number of amides is 1. The van der Waals surface area contributed by atoms with Crippen LogP contribution < -0.4 is 5.32 Å². The second-order valence-electron chi connectivity index (χ2n) is 7.12. The molecule has 0 radical (unpaired) electrons. The van der Waals surface area contributed by atoms with Crippen LogP contribution in [0.25, 0.3) is 0 Å². The maximum absolute atomic E-state index is 13.6. The molecule has 2 aromatic rings. The van der Waals surface area contributed by atoms with E-state index in [2.05, 4.69) is 5.32 Å². The Morgan fingerprint density at radius 2 is 1.72 bits per heavy atom. The quantitative estimate of drug-likeness (QED) is 0.803. The molecule has 1 aliphatic heterocycles. The van der Waals surface area contributed by atoms with Crippen molar-refractivity contribution < 1.29 is 22.0 Å². The third kappa shape index (κ3) is 4.98. The number of hydrogen-bond acceptors (Lipinski definition) is 4. The van der Waals surface area contributed by atoms with Gasteiger partial charge in [-0.25, -0.2) is 17.2 Å². The Labute approximate surface area is 169 Å². The van der Waals surface area contributed by atoms with Crippen LogP contribution in [0.3, 0.4) is 0 Å². The molecule has 1 amide bonds. The molecule has 0 atom stereocenters. The summed E-state index contributed by atoms with van der Waals surface area (Å²) < 4.78 is 54.1. The molecule has 0 aliphatic carbocycles. The smallest absolute Gasteiger partial charge is 0.243 e. The Bertz CT molecular complexity index is 1020. The van der Waals surface area contributed by atoms with Crippen molar-refractivity contribution in [3.05, 3.63) is 59.2 Å². The van der Waals surface area contributed by atoms with Crippen LogP contribution in [0.1, 0.15) is 11.1 Å². The van der Waals surface area contributed by atoms with Crippen molar-refractivity contribution in [1.82, 2.24) is 9.21 Å². The number of halogens is 2. The van der Waals surface area contributed by atoms with Crippen molar-refractivity contribution in [2.24, 2.45) is 0 Å². The summed E-state index contributed by atoms with van der Waals surface area (Å²) in [6, 6.07) is 8.06. The number of carbonyl (C=O) groups excluding carboxylic acids is 1. The molecule has 0 aromatic heterocycles. The Morgan fingerprint density at radius 3 is 2.38 bits per heavy atom. The summed E-state index contributed by atoms with van der Waals surface area (Å²) in [7, 11) is -3.61. The predicted octanol–water partition coefficient (Wildman–Crippen LogP) is 2.53. The molecule has 1 N–H and O–H groups in total. The second kappa shape index (κ2) is 8.56. The zero-order chi connectivity index (χ0) is 21.2. The lowest BCUT2D eigenvalue weighted by Crippen LogP contribution is -2.50. The standard InChI is InChI=1S/C20H23F2N3O3S/c1-14-3-6-19(15(2)11-14)29(27,28)25-9-7-24(8-10-25)13-20(26)23-18-12-16(21)4-5-17(18)22/h3-6,11-12H,7-10,13H2,1-2H3,(H,23,26). The van der Waals surface area contributed by atoms with Gasteiger partial charge in [0.1, 0.15) is 11.6 Å². The van der Waals surface area contributed by atoms with Crippen LogP contribution in [-0.4, -0.2) is 56.3 Å². The summed E-state index contributed by atoms with van der Waals surface area (Å²) in [6.45, 7) is 4.86. The average Bonchev–Trinajstić information content (AvgIpc) is 2.65. The number of carbonyl (C=O) groups is 1. The van der Waals surface area contributed by atoms with Crippen molar-refractivity contribution in [1.29, 1.82) is 0 Å². The Kier molecular flexibility index (Phi) is 6.30. The number of aryl methyl sites for hydroxylation is 2. The van der Waals surface area contributed by atoms with Crippen LogP contribution in [0.5, 0.6) is 0 Å². The molecule has 0 bridgehead atoms. The highest BCUT2D eigenvalue weighted by atomic mass is 32.2. The van der Waals surface area contributed by atoms with Crippen LogP contribution in [0.15, 0.2) is 41.3 Å². The zero-order valence-corrected chi connectivity index (χ0v) is 17.1. The van der Waals surface area contributed by atoms with Gasteiger partial charge in [0.05, 0.1) is 17.1 Å². The number of nitrogens with one attached hydrogen (secondary N) is 1. The maximum Gasteiger partial charge on any atom is 0.243 e. The first-order chi connectivity index (χ1) is 13.7. The molecule has 1 aliphatic rings. The predicted molar refractivity (Wildman–Crippen MR) is 106 cm³/mol. The van der Waals surface area contributed by atoms with Gasteiger partial charge in [0.15, 0.2) is 0 Å². The minimum absolute atomic E-state index is 0.0343. The highest BCUT2D eigenvalue weighted by molar-refractivity contribution is 7.89. The molecule has 3 rings (SSSR count). The fraction of sp³-hybridized carbons (Fsp3) is 0.350. The summed E-state index contributed by atoms with van der Waals surface area (Å²) in [4.78, 5) is 14.2. The van der Waals surface area contributed by atoms with Crippen molar-refractivity contribution in [2.45, 2.75) is 18.7 Å². The number of hydrogen-bond donors (Lipinski definition) is 1. The van der Waals surface area contributed by atoms with Gasteiger partial charge in [-0.3, -0.25) is 9.69 Å². The normalized spacial score (nSPS) is 16.0. The van der Waals surface area contributed by atoms with Gasteiger partial charge >= 0.3 is 0 Å². The lowest BCUT2D eigenvalue weighted by Gasteiger charge is -2.33. The molecule has 1 fully saturated rings. The van der Waals surface area contributed by atoms with Gasteiger partial charge in [0.25, 0.3) is 0 Å². The molecular formula is C20H23F2N3O3S. The molecular weight excluding hydrogens is 400 g/mol. The SMILES string of the molecule is Cc1ccc(S(=O)(=O)N2CCN(CC(=O)Nc3cc(F)ccc3F)CC2)c(C)c1. The molecule has 1 saturated heterocycles. The molecule has 156 valence electrons. The lowest BCUT2D eigenvalue weighted by atomic mass is 10.2. The van der Waals surface area contributed by atoms with Crippen molar-refractivity contribution in [2.75, 3.05) is 38.0 Å². The Hall–Kier alpha value is -2.36. The van der Waals surface area contributed by atoms with Crippen LogP contribution in [0, 0.1) is 25.5 Å². The van der Waals surface area contributed by atoms with Gasteiger partial charge in [0.2, 0.25) is 15.9 Å². The van der Waals surface area contributed by atoms with Crippen LogP contribution in [0.2, 0.25) is 0 Å². The van der Waals surface area contributed by atoms with Gasteiger partial charge in [0, 0.05) is 32.2 Å².